The predicted molar refractivity (Wildman–Crippen MR) is 55.1 cm³/mol. The highest BCUT2D eigenvalue weighted by Crippen LogP contribution is 2.28. The Kier molecular flexibility index (Phi) is 4.49. The summed E-state index contributed by atoms with van der Waals surface area (Å²) in [6.07, 6.45) is 1.09. The van der Waals surface area contributed by atoms with Crippen LogP contribution in [0.2, 0.25) is 0 Å². The van der Waals surface area contributed by atoms with E-state index in [2.05, 4.69) is 40.3 Å². The van der Waals surface area contributed by atoms with Gasteiger partial charge in [0.15, 0.2) is 0 Å². The van der Waals surface area contributed by atoms with Crippen LogP contribution in [-0.2, 0) is 0 Å². The topological polar surface area (TPSA) is 26.0 Å². The maximum Gasteiger partial charge on any atom is 0.0114 e. The lowest BCUT2D eigenvalue weighted by Crippen LogP contribution is -2.41. The molecule has 0 aromatic rings. The van der Waals surface area contributed by atoms with Crippen molar-refractivity contribution in [2.24, 2.45) is 17.1 Å². The molecule has 0 radical (unpaired) electrons. The van der Waals surface area contributed by atoms with Gasteiger partial charge in [-0.3, -0.25) is 0 Å². The average Bonchev–Trinajstić information content (AvgIpc) is 1.86. The Hall–Kier alpha value is 0.310. The van der Waals surface area contributed by atoms with Gasteiger partial charge in [0.1, 0.15) is 0 Å². The fourth-order valence-electron chi connectivity index (χ4n) is 1.36. The summed E-state index contributed by atoms with van der Waals surface area (Å²) < 4.78 is 0. The van der Waals surface area contributed by atoms with Crippen molar-refractivity contribution >= 4 is 12.6 Å². The van der Waals surface area contributed by atoms with E-state index in [-0.39, 0.29) is 11.5 Å². The normalized spacial score (nSPS) is 15.5. The highest BCUT2D eigenvalue weighted by atomic mass is 32.1. The van der Waals surface area contributed by atoms with E-state index >= 15 is 0 Å². The van der Waals surface area contributed by atoms with Crippen LogP contribution in [0.15, 0.2) is 0 Å². The molecule has 0 bridgehead atoms. The van der Waals surface area contributed by atoms with E-state index in [1.165, 1.54) is 0 Å². The molecule has 0 spiro atoms. The highest BCUT2D eigenvalue weighted by molar-refractivity contribution is 7.80. The van der Waals surface area contributed by atoms with Crippen LogP contribution in [0.5, 0.6) is 0 Å². The summed E-state index contributed by atoms with van der Waals surface area (Å²) in [7, 11) is 0. The molecule has 2 heteroatoms. The van der Waals surface area contributed by atoms with Crippen molar-refractivity contribution in [3.05, 3.63) is 0 Å². The van der Waals surface area contributed by atoms with Crippen LogP contribution in [0.3, 0.4) is 0 Å². The highest BCUT2D eigenvalue weighted by Gasteiger charge is 2.27. The molecule has 0 fully saturated rings. The third-order valence-electron chi connectivity index (χ3n) is 2.38. The molecule has 2 N–H and O–H groups in total. The monoisotopic (exact) mass is 175 g/mol. The molecule has 0 saturated heterocycles. The number of hydrogen-bond donors (Lipinski definition) is 2. The second-order valence-electron chi connectivity index (χ2n) is 4.23. The number of thiol groups is 1. The Labute approximate surface area is 76.2 Å². The zero-order chi connectivity index (χ0) is 9.07. The van der Waals surface area contributed by atoms with Gasteiger partial charge in [-0.25, -0.2) is 0 Å². The molecule has 0 amide bonds. The zero-order valence-electron chi connectivity index (χ0n) is 8.09. The minimum absolute atomic E-state index is 0.232. The Morgan fingerprint density at radius 1 is 1.36 bits per heavy atom. The van der Waals surface area contributed by atoms with Crippen LogP contribution >= 0.6 is 12.6 Å². The number of nitrogens with two attached hydrogens (primary N) is 1. The minimum Gasteiger partial charge on any atom is -0.327 e. The zero-order valence-corrected chi connectivity index (χ0v) is 8.99. The molecule has 0 rings (SSSR count). The van der Waals surface area contributed by atoms with Gasteiger partial charge in [0.2, 0.25) is 0 Å². The summed E-state index contributed by atoms with van der Waals surface area (Å²) in [6.45, 7) is 8.78. The summed E-state index contributed by atoms with van der Waals surface area (Å²) in [5.41, 5.74) is 6.28. The maximum absolute atomic E-state index is 6.05. The molecule has 11 heavy (non-hydrogen) atoms. The fraction of sp³-hybridized carbons (Fsp3) is 1.00. The van der Waals surface area contributed by atoms with E-state index in [9.17, 15) is 0 Å². The number of rotatable bonds is 4. The molecule has 0 aliphatic carbocycles. The molecule has 0 heterocycles. The summed E-state index contributed by atoms with van der Waals surface area (Å²) in [5, 5.41) is 0. The Balaban J connectivity index is 4.05. The molecular formula is C9H21NS. The first kappa shape index (κ1) is 11.3. The van der Waals surface area contributed by atoms with E-state index in [1.54, 1.807) is 0 Å². The molecule has 0 saturated carbocycles. The van der Waals surface area contributed by atoms with Crippen LogP contribution in [0.1, 0.15) is 34.1 Å². The fourth-order valence-corrected chi connectivity index (χ4v) is 1.93. The molecule has 68 valence electrons. The van der Waals surface area contributed by atoms with Crippen molar-refractivity contribution in [3.63, 3.8) is 0 Å². The number of hydrogen-bond acceptors (Lipinski definition) is 2. The first-order chi connectivity index (χ1) is 4.91. The standard InChI is InChI=1S/C9H21NS/c1-7(2)8(10)9(3,4)5-6-11/h7-8,11H,5-6,10H2,1-4H3. The van der Waals surface area contributed by atoms with E-state index in [4.69, 9.17) is 5.73 Å². The molecular weight excluding hydrogens is 154 g/mol. The minimum atomic E-state index is 0.232. The summed E-state index contributed by atoms with van der Waals surface area (Å²) in [5.74, 6) is 1.48. The molecule has 0 aromatic carbocycles. The van der Waals surface area contributed by atoms with Crippen LogP contribution in [0.25, 0.3) is 0 Å². The van der Waals surface area contributed by atoms with Crippen molar-refractivity contribution in [3.8, 4) is 0 Å². The van der Waals surface area contributed by atoms with E-state index < -0.39 is 0 Å². The van der Waals surface area contributed by atoms with Crippen LogP contribution < -0.4 is 5.73 Å². The smallest absolute Gasteiger partial charge is 0.0114 e. The molecule has 1 nitrogen and oxygen atoms in total. The van der Waals surface area contributed by atoms with E-state index in [1.807, 2.05) is 0 Å². The third-order valence-corrected chi connectivity index (χ3v) is 2.60. The SMILES string of the molecule is CC(C)C(N)C(C)(C)CCS. The van der Waals surface area contributed by atoms with E-state index in [0.717, 1.165) is 12.2 Å². The first-order valence-corrected chi connectivity index (χ1v) is 4.91. The lowest BCUT2D eigenvalue weighted by atomic mass is 9.77. The second-order valence-corrected chi connectivity index (χ2v) is 4.68. The third kappa shape index (κ3) is 3.48. The molecule has 1 atom stereocenters. The van der Waals surface area contributed by atoms with Gasteiger partial charge in [0.05, 0.1) is 0 Å². The van der Waals surface area contributed by atoms with Crippen molar-refractivity contribution in [2.45, 2.75) is 40.2 Å². The molecule has 0 aliphatic rings. The van der Waals surface area contributed by atoms with Gasteiger partial charge in [-0.1, -0.05) is 27.7 Å². The molecule has 1 unspecified atom stereocenters. The molecule has 0 aliphatic heterocycles. The van der Waals surface area contributed by atoms with Gasteiger partial charge in [-0.2, -0.15) is 12.6 Å². The van der Waals surface area contributed by atoms with Crippen molar-refractivity contribution in [1.29, 1.82) is 0 Å². The first-order valence-electron chi connectivity index (χ1n) is 4.28. The average molecular weight is 175 g/mol. The maximum atomic E-state index is 6.05. The Bertz CT molecular complexity index is 110. The van der Waals surface area contributed by atoms with Crippen molar-refractivity contribution in [2.75, 3.05) is 5.75 Å². The summed E-state index contributed by atoms with van der Waals surface area (Å²) >= 11 is 4.22. The summed E-state index contributed by atoms with van der Waals surface area (Å²) in [6, 6.07) is 0.287. The van der Waals surface area contributed by atoms with Gasteiger partial charge in [-0.15, -0.1) is 0 Å². The van der Waals surface area contributed by atoms with Gasteiger partial charge in [0, 0.05) is 6.04 Å². The second kappa shape index (κ2) is 4.36. The van der Waals surface area contributed by atoms with Gasteiger partial charge in [-0.05, 0) is 23.5 Å². The van der Waals surface area contributed by atoms with Crippen LogP contribution in [0, 0.1) is 11.3 Å². The van der Waals surface area contributed by atoms with Crippen molar-refractivity contribution < 1.29 is 0 Å². The van der Waals surface area contributed by atoms with E-state index in [0.29, 0.717) is 5.92 Å². The lowest BCUT2D eigenvalue weighted by molar-refractivity contribution is 0.227. The quantitative estimate of drug-likeness (QED) is 0.630. The Morgan fingerprint density at radius 3 is 2.09 bits per heavy atom. The predicted octanol–water partition coefficient (Wildman–Crippen LogP) is 2.32. The molecule has 0 aromatic heterocycles. The van der Waals surface area contributed by atoms with Gasteiger partial charge < -0.3 is 5.73 Å². The van der Waals surface area contributed by atoms with Crippen LogP contribution in [-0.4, -0.2) is 11.8 Å². The summed E-state index contributed by atoms with van der Waals surface area (Å²) in [4.78, 5) is 0. The van der Waals surface area contributed by atoms with Crippen LogP contribution in [0.4, 0.5) is 0 Å². The largest absolute Gasteiger partial charge is 0.327 e. The van der Waals surface area contributed by atoms with Gasteiger partial charge >= 0.3 is 0 Å². The van der Waals surface area contributed by atoms with Crippen molar-refractivity contribution in [1.82, 2.24) is 0 Å². The van der Waals surface area contributed by atoms with Gasteiger partial charge in [0.25, 0.3) is 0 Å². The Morgan fingerprint density at radius 2 is 1.82 bits per heavy atom. The lowest BCUT2D eigenvalue weighted by Gasteiger charge is -2.33.